The summed E-state index contributed by atoms with van der Waals surface area (Å²) in [5.41, 5.74) is -0.418. The smallest absolute Gasteiger partial charge is 0.565 e. The second-order valence-corrected chi connectivity index (χ2v) is 5.69. The predicted molar refractivity (Wildman–Crippen MR) is 70.3 cm³/mol. The largest absolute Gasteiger partial charge is 1.00 e. The van der Waals surface area contributed by atoms with Gasteiger partial charge >= 0.3 is 35.7 Å². The molecule has 0 saturated carbocycles. The first-order valence-electron chi connectivity index (χ1n) is 6.64. The number of ether oxygens (including phenoxy) is 1. The Morgan fingerprint density at radius 3 is 2.05 bits per heavy atom. The average Bonchev–Trinajstić information content (AvgIpc) is 2.27. The molecule has 0 bridgehead atoms. The summed E-state index contributed by atoms with van der Waals surface area (Å²) in [4.78, 5) is 21.9. The van der Waals surface area contributed by atoms with Crippen LogP contribution in [0.25, 0.3) is 0 Å². The zero-order valence-corrected chi connectivity index (χ0v) is 15.3. The van der Waals surface area contributed by atoms with Gasteiger partial charge in [0.1, 0.15) is 5.60 Å². The summed E-state index contributed by atoms with van der Waals surface area (Å²) in [6, 6.07) is 0. The molecule has 2 N–H and O–H groups in total. The molecule has 0 aliphatic carbocycles. The van der Waals surface area contributed by atoms with Crippen LogP contribution in [0.4, 0.5) is 9.59 Å². The van der Waals surface area contributed by atoms with Crippen LogP contribution in [0.2, 0.25) is 0 Å². The summed E-state index contributed by atoms with van der Waals surface area (Å²) < 4.78 is 5.31. The van der Waals surface area contributed by atoms with Crippen molar-refractivity contribution in [1.82, 2.24) is 4.90 Å². The SMILES string of the molecule is CC(C)(C)OC(=O)N1CCC(CCO)CC1.O=C([O-])O.[Na+]. The third kappa shape index (κ3) is 12.9. The van der Waals surface area contributed by atoms with Crippen LogP contribution >= 0.6 is 0 Å². The second kappa shape index (κ2) is 11.1. The Kier molecular flexibility index (Phi) is 12.1. The Hall–Kier alpha value is -0.500. The molecular formula is C13H24NNaO6. The van der Waals surface area contributed by atoms with E-state index >= 15 is 0 Å². The van der Waals surface area contributed by atoms with Crippen molar-refractivity contribution in [3.63, 3.8) is 0 Å². The van der Waals surface area contributed by atoms with Gasteiger partial charge in [0, 0.05) is 19.7 Å². The molecule has 7 nitrogen and oxygen atoms in total. The van der Waals surface area contributed by atoms with Gasteiger partial charge in [0.25, 0.3) is 0 Å². The molecule has 1 aliphatic rings. The Bertz CT molecular complexity index is 306. The second-order valence-electron chi connectivity index (χ2n) is 5.69. The number of rotatable bonds is 2. The third-order valence-electron chi connectivity index (χ3n) is 2.80. The minimum absolute atomic E-state index is 0. The van der Waals surface area contributed by atoms with Crippen LogP contribution in [-0.4, -0.2) is 52.7 Å². The molecule has 1 fully saturated rings. The van der Waals surface area contributed by atoms with Gasteiger partial charge in [0.05, 0.1) is 0 Å². The number of carboxylic acid groups (broad SMARTS) is 2. The van der Waals surface area contributed by atoms with E-state index in [4.69, 9.17) is 24.9 Å². The van der Waals surface area contributed by atoms with E-state index < -0.39 is 11.8 Å². The molecule has 0 aromatic rings. The van der Waals surface area contributed by atoms with Gasteiger partial charge in [-0.25, -0.2) is 4.79 Å². The van der Waals surface area contributed by atoms with Gasteiger partial charge in [-0.1, -0.05) is 0 Å². The molecule has 1 rings (SSSR count). The molecule has 0 aromatic carbocycles. The van der Waals surface area contributed by atoms with Gasteiger partial charge in [-0.3, -0.25) is 0 Å². The topological polar surface area (TPSA) is 110 Å². The number of likely N-dealkylation sites (tertiary alicyclic amines) is 1. The number of hydrogen-bond acceptors (Lipinski definition) is 5. The van der Waals surface area contributed by atoms with Gasteiger partial charge < -0.3 is 29.8 Å². The van der Waals surface area contributed by atoms with E-state index in [1.165, 1.54) is 0 Å². The molecule has 8 heteroatoms. The van der Waals surface area contributed by atoms with E-state index in [2.05, 4.69) is 0 Å². The Morgan fingerprint density at radius 1 is 1.29 bits per heavy atom. The minimum atomic E-state index is -2.08. The monoisotopic (exact) mass is 313 g/mol. The van der Waals surface area contributed by atoms with Crippen molar-refractivity contribution >= 4 is 12.2 Å². The maximum Gasteiger partial charge on any atom is 1.00 e. The standard InChI is InChI=1S/C12H23NO3.CH2O3.Na/c1-12(2,3)16-11(15)13-7-4-10(5-8-13)6-9-14;2-1(3)4;/h10,14H,4-9H2,1-3H3;(H2,2,3,4);/q;;+1/p-1. The van der Waals surface area contributed by atoms with Crippen molar-refractivity contribution in [3.05, 3.63) is 0 Å². The number of aliphatic hydroxyl groups excluding tert-OH is 1. The van der Waals surface area contributed by atoms with Crippen molar-refractivity contribution in [2.45, 2.75) is 45.6 Å². The molecule has 1 saturated heterocycles. The fourth-order valence-corrected chi connectivity index (χ4v) is 1.91. The van der Waals surface area contributed by atoms with Gasteiger partial charge in [0.15, 0.2) is 0 Å². The molecule has 21 heavy (non-hydrogen) atoms. The molecule has 0 spiro atoms. The zero-order valence-electron chi connectivity index (χ0n) is 13.3. The fourth-order valence-electron chi connectivity index (χ4n) is 1.91. The van der Waals surface area contributed by atoms with Crippen molar-refractivity contribution < 1.29 is 59.2 Å². The van der Waals surface area contributed by atoms with Crippen LogP contribution in [0, 0.1) is 5.92 Å². The van der Waals surface area contributed by atoms with Crippen LogP contribution in [0.15, 0.2) is 0 Å². The maximum absolute atomic E-state index is 11.7. The number of carbonyl (C=O) groups is 2. The van der Waals surface area contributed by atoms with E-state index in [0.29, 0.717) is 5.92 Å². The van der Waals surface area contributed by atoms with E-state index in [9.17, 15) is 4.79 Å². The molecular weight excluding hydrogens is 289 g/mol. The Balaban J connectivity index is 0. The number of hydrogen-bond donors (Lipinski definition) is 2. The van der Waals surface area contributed by atoms with Crippen LogP contribution in [0.3, 0.4) is 0 Å². The molecule has 1 heterocycles. The Labute approximate surface area is 147 Å². The molecule has 0 aromatic heterocycles. The zero-order chi connectivity index (χ0) is 15.8. The van der Waals surface area contributed by atoms with Gasteiger partial charge in [0.2, 0.25) is 6.16 Å². The van der Waals surface area contributed by atoms with E-state index in [0.717, 1.165) is 32.4 Å². The average molecular weight is 313 g/mol. The fraction of sp³-hybridized carbons (Fsp3) is 0.846. The molecule has 118 valence electrons. The summed E-state index contributed by atoms with van der Waals surface area (Å²) in [6.45, 7) is 7.38. The van der Waals surface area contributed by atoms with E-state index in [1.54, 1.807) is 4.90 Å². The van der Waals surface area contributed by atoms with Crippen molar-refractivity contribution in [3.8, 4) is 0 Å². The summed E-state index contributed by atoms with van der Waals surface area (Å²) in [5, 5.41) is 24.1. The minimum Gasteiger partial charge on any atom is -0.565 e. The van der Waals surface area contributed by atoms with Gasteiger partial charge in [-0.2, -0.15) is 0 Å². The molecule has 0 radical (unpaired) electrons. The van der Waals surface area contributed by atoms with E-state index in [-0.39, 0.29) is 42.3 Å². The maximum atomic E-state index is 11.7. The summed E-state index contributed by atoms with van der Waals surface area (Å²) in [7, 11) is 0. The molecule has 1 aliphatic heterocycles. The molecule has 0 unspecified atom stereocenters. The normalized spacial score (nSPS) is 15.3. The number of piperidine rings is 1. The Morgan fingerprint density at radius 2 is 1.71 bits per heavy atom. The first-order valence-corrected chi connectivity index (χ1v) is 6.64. The summed E-state index contributed by atoms with van der Waals surface area (Å²) in [5.74, 6) is 0.559. The number of aliphatic hydroxyl groups is 1. The van der Waals surface area contributed by atoms with Crippen molar-refractivity contribution in [2.75, 3.05) is 19.7 Å². The number of amides is 1. The third-order valence-corrected chi connectivity index (χ3v) is 2.80. The first-order chi connectivity index (χ1) is 9.15. The van der Waals surface area contributed by atoms with Crippen LogP contribution in [0.1, 0.15) is 40.0 Å². The van der Waals surface area contributed by atoms with Crippen molar-refractivity contribution in [1.29, 1.82) is 0 Å². The van der Waals surface area contributed by atoms with Crippen LogP contribution in [-0.2, 0) is 4.74 Å². The first kappa shape index (κ1) is 22.8. The van der Waals surface area contributed by atoms with Crippen molar-refractivity contribution in [2.24, 2.45) is 5.92 Å². The van der Waals surface area contributed by atoms with Crippen LogP contribution < -0.4 is 34.7 Å². The molecule has 1 amide bonds. The quantitative estimate of drug-likeness (QED) is 0.566. The molecule has 0 atom stereocenters. The van der Waals surface area contributed by atoms with Gasteiger partial charge in [-0.15, -0.1) is 0 Å². The van der Waals surface area contributed by atoms with E-state index in [1.807, 2.05) is 20.8 Å². The predicted octanol–water partition coefficient (Wildman–Crippen LogP) is -2.09. The summed E-state index contributed by atoms with van der Waals surface area (Å²) in [6.07, 6.45) is 0.497. The summed E-state index contributed by atoms with van der Waals surface area (Å²) >= 11 is 0. The van der Waals surface area contributed by atoms with Gasteiger partial charge in [-0.05, 0) is 46.0 Å². The van der Waals surface area contributed by atoms with Crippen LogP contribution in [0.5, 0.6) is 0 Å². The number of carbonyl (C=O) groups excluding carboxylic acids is 1. The number of nitrogens with zero attached hydrogens (tertiary/aromatic N) is 1.